The Balaban J connectivity index is 1.61. The van der Waals surface area contributed by atoms with E-state index in [1.165, 1.54) is 0 Å². The lowest BCUT2D eigenvalue weighted by atomic mass is 10.2. The van der Waals surface area contributed by atoms with Crippen molar-refractivity contribution in [2.24, 2.45) is 5.10 Å². The van der Waals surface area contributed by atoms with Gasteiger partial charge in [0, 0.05) is 11.1 Å². The maximum absolute atomic E-state index is 5.95. The largest absolute Gasteiger partial charge is 0.493 e. The average molecular weight is 598 g/mol. The first kappa shape index (κ1) is 26.1. The summed E-state index contributed by atoms with van der Waals surface area (Å²) in [6.45, 7) is 0.212. The fourth-order valence-corrected chi connectivity index (χ4v) is 3.58. The van der Waals surface area contributed by atoms with Crippen molar-refractivity contribution in [2.45, 2.75) is 7.59 Å². The lowest BCUT2D eigenvalue weighted by molar-refractivity contribution is 0.337. The fraction of sp³-hybridized carbons (Fsp3) is 0.238. The smallest absolute Gasteiger partial charge is 0.250 e. The van der Waals surface area contributed by atoms with Gasteiger partial charge in [-0.1, -0.05) is 69.6 Å². The van der Waals surface area contributed by atoms with Crippen LogP contribution in [0.4, 0.5) is 5.69 Å². The second-order valence-corrected chi connectivity index (χ2v) is 11.6. The molecule has 0 bridgehead atoms. The number of anilines is 1. The minimum absolute atomic E-state index is 0.168. The lowest BCUT2D eigenvalue weighted by Crippen LogP contribution is -2.17. The van der Waals surface area contributed by atoms with Gasteiger partial charge in [-0.15, -0.1) is 5.10 Å². The molecule has 2 aromatic carbocycles. The van der Waals surface area contributed by atoms with Crippen LogP contribution in [0.5, 0.6) is 11.5 Å². The van der Waals surface area contributed by atoms with Gasteiger partial charge in [-0.25, -0.2) is 20.0 Å². The van der Waals surface area contributed by atoms with Gasteiger partial charge < -0.3 is 14.2 Å². The van der Waals surface area contributed by atoms with Crippen LogP contribution in [-0.2, 0) is 12.3 Å². The summed E-state index contributed by atoms with van der Waals surface area (Å²) in [4.78, 5) is 12.4. The SMILES string of the molecule is COc1ccc(C2=NN(c3ccc(-c4nc(C(Cl)(Cl)Cl)nc(C(Cl)(Cl)Cl)n4)cc3)CO2)cc1OC. The van der Waals surface area contributed by atoms with Crippen molar-refractivity contribution in [2.75, 3.05) is 26.0 Å². The molecule has 0 spiro atoms. The molecule has 0 unspecified atom stereocenters. The molecule has 1 aliphatic rings. The van der Waals surface area contributed by atoms with Crippen LogP contribution >= 0.6 is 69.6 Å². The predicted octanol–water partition coefficient (Wildman–Crippen LogP) is 6.37. The average Bonchev–Trinajstić information content (AvgIpc) is 3.32. The number of aromatic nitrogens is 3. The van der Waals surface area contributed by atoms with E-state index in [1.54, 1.807) is 55.6 Å². The minimum atomic E-state index is -1.94. The highest BCUT2D eigenvalue weighted by Gasteiger charge is 2.34. The number of halogens is 6. The van der Waals surface area contributed by atoms with Crippen molar-refractivity contribution >= 4 is 81.2 Å². The van der Waals surface area contributed by atoms with Gasteiger partial charge in [0.25, 0.3) is 0 Å². The van der Waals surface area contributed by atoms with Crippen LogP contribution in [-0.4, -0.2) is 41.8 Å². The predicted molar refractivity (Wildman–Crippen MR) is 138 cm³/mol. The first-order chi connectivity index (χ1) is 16.5. The summed E-state index contributed by atoms with van der Waals surface area (Å²) in [5, 5.41) is 6.22. The van der Waals surface area contributed by atoms with Crippen LogP contribution in [0.15, 0.2) is 47.6 Å². The topological polar surface area (TPSA) is 82.0 Å². The van der Waals surface area contributed by atoms with Crippen molar-refractivity contribution in [3.63, 3.8) is 0 Å². The molecule has 0 saturated heterocycles. The molecule has 1 aliphatic heterocycles. The maximum Gasteiger partial charge on any atom is 0.250 e. The molecule has 35 heavy (non-hydrogen) atoms. The molecule has 0 saturated carbocycles. The third kappa shape index (κ3) is 5.90. The highest BCUT2D eigenvalue weighted by Crippen LogP contribution is 2.41. The number of ether oxygens (including phenoxy) is 3. The van der Waals surface area contributed by atoms with Gasteiger partial charge >= 0.3 is 0 Å². The molecule has 1 aromatic heterocycles. The Morgan fingerprint density at radius 1 is 0.771 bits per heavy atom. The van der Waals surface area contributed by atoms with E-state index >= 15 is 0 Å². The summed E-state index contributed by atoms with van der Waals surface area (Å²) in [6.07, 6.45) is 0. The third-order valence-electron chi connectivity index (χ3n) is 4.73. The fourth-order valence-electron chi connectivity index (χ4n) is 3.07. The quantitative estimate of drug-likeness (QED) is 0.316. The number of hydrogen-bond acceptors (Lipinski definition) is 8. The van der Waals surface area contributed by atoms with Crippen molar-refractivity contribution in [1.29, 1.82) is 0 Å². The number of rotatable bonds is 5. The number of nitrogens with zero attached hydrogens (tertiary/aromatic N) is 5. The van der Waals surface area contributed by atoms with E-state index < -0.39 is 7.59 Å². The summed E-state index contributed by atoms with van der Waals surface area (Å²) in [5.41, 5.74) is 2.07. The van der Waals surface area contributed by atoms with E-state index in [1.807, 2.05) is 6.07 Å². The molecule has 3 aromatic rings. The zero-order valence-corrected chi connectivity index (χ0v) is 22.5. The molecule has 184 valence electrons. The Bertz CT molecular complexity index is 1230. The Morgan fingerprint density at radius 2 is 1.34 bits per heavy atom. The molecule has 4 rings (SSSR count). The van der Waals surface area contributed by atoms with E-state index in [0.717, 1.165) is 11.3 Å². The normalized spacial score (nSPS) is 13.9. The minimum Gasteiger partial charge on any atom is -0.493 e. The molecule has 0 aliphatic carbocycles. The van der Waals surface area contributed by atoms with Gasteiger partial charge in [-0.3, -0.25) is 0 Å². The Labute approximate surface area is 230 Å². The van der Waals surface area contributed by atoms with Gasteiger partial charge in [0.2, 0.25) is 13.5 Å². The first-order valence-corrected chi connectivity index (χ1v) is 12.0. The Kier molecular flexibility index (Phi) is 7.62. The molecule has 14 heteroatoms. The molecule has 8 nitrogen and oxygen atoms in total. The molecule has 0 radical (unpaired) electrons. The molecule has 0 amide bonds. The van der Waals surface area contributed by atoms with Crippen molar-refractivity contribution in [1.82, 2.24) is 15.0 Å². The van der Waals surface area contributed by atoms with E-state index in [-0.39, 0.29) is 24.2 Å². The van der Waals surface area contributed by atoms with Crippen LogP contribution in [0.1, 0.15) is 17.2 Å². The van der Waals surface area contributed by atoms with E-state index in [4.69, 9.17) is 83.8 Å². The van der Waals surface area contributed by atoms with Gasteiger partial charge in [0.1, 0.15) is 0 Å². The highest BCUT2D eigenvalue weighted by molar-refractivity contribution is 6.67. The molecule has 0 atom stereocenters. The summed E-state index contributed by atoms with van der Waals surface area (Å²) in [7, 11) is 3.13. The molecule has 2 heterocycles. The van der Waals surface area contributed by atoms with E-state index in [2.05, 4.69) is 20.1 Å². The first-order valence-electron chi connectivity index (χ1n) is 9.72. The summed E-state index contributed by atoms with van der Waals surface area (Å²) < 4.78 is 12.5. The second kappa shape index (κ2) is 10.2. The van der Waals surface area contributed by atoms with Gasteiger partial charge in [0.15, 0.2) is 35.7 Å². The van der Waals surface area contributed by atoms with Crippen LogP contribution < -0.4 is 14.5 Å². The summed E-state index contributed by atoms with van der Waals surface area (Å²) in [6, 6.07) is 12.5. The zero-order chi connectivity index (χ0) is 25.4. The number of alkyl halides is 6. The monoisotopic (exact) mass is 595 g/mol. The second-order valence-electron chi connectivity index (χ2n) is 7.00. The summed E-state index contributed by atoms with van der Waals surface area (Å²) >= 11 is 35.7. The van der Waals surface area contributed by atoms with Crippen molar-refractivity contribution in [3.05, 3.63) is 59.7 Å². The van der Waals surface area contributed by atoms with Crippen molar-refractivity contribution in [3.8, 4) is 22.9 Å². The van der Waals surface area contributed by atoms with Gasteiger partial charge in [0.05, 0.1) is 19.9 Å². The Hall–Kier alpha value is -1.94. The standard InChI is InChI=1S/C21H15Cl6N5O3/c1-33-14-8-5-12(9-15(14)34-2)17-31-32(10-35-17)13-6-3-11(4-7-13)16-28-18(20(22,23)24)30-19(29-16)21(25,26)27/h3-9H,10H2,1-2H3. The maximum atomic E-state index is 5.95. The van der Waals surface area contributed by atoms with E-state index in [9.17, 15) is 0 Å². The lowest BCUT2D eigenvalue weighted by Gasteiger charge is -2.16. The van der Waals surface area contributed by atoms with Crippen LogP contribution in [0.2, 0.25) is 0 Å². The van der Waals surface area contributed by atoms with Crippen molar-refractivity contribution < 1.29 is 14.2 Å². The summed E-state index contributed by atoms with van der Waals surface area (Å²) in [5.74, 6) is 1.44. The number of hydrazone groups is 1. The number of benzene rings is 2. The van der Waals surface area contributed by atoms with Gasteiger partial charge in [-0.05, 0) is 42.5 Å². The van der Waals surface area contributed by atoms with Crippen LogP contribution in [0.3, 0.4) is 0 Å². The third-order valence-corrected chi connectivity index (χ3v) is 5.75. The Morgan fingerprint density at radius 3 is 1.89 bits per heavy atom. The van der Waals surface area contributed by atoms with Crippen LogP contribution in [0, 0.1) is 0 Å². The molecular formula is C21H15Cl6N5O3. The highest BCUT2D eigenvalue weighted by atomic mass is 35.6. The van der Waals surface area contributed by atoms with E-state index in [0.29, 0.717) is 23.0 Å². The molecular weight excluding hydrogens is 583 g/mol. The molecule has 0 fully saturated rings. The van der Waals surface area contributed by atoms with Crippen LogP contribution in [0.25, 0.3) is 11.4 Å². The number of hydrogen-bond donors (Lipinski definition) is 0. The molecule has 0 N–H and O–H groups in total. The zero-order valence-electron chi connectivity index (χ0n) is 18.0. The van der Waals surface area contributed by atoms with Gasteiger partial charge in [-0.2, -0.15) is 0 Å². The number of methoxy groups -OCH3 is 2.